The van der Waals surface area contributed by atoms with Crippen LogP contribution in [0.3, 0.4) is 0 Å². The Morgan fingerprint density at radius 3 is 2.52 bits per heavy atom. The highest BCUT2D eigenvalue weighted by Gasteiger charge is 2.29. The first-order valence-corrected chi connectivity index (χ1v) is 8.13. The predicted molar refractivity (Wildman–Crippen MR) is 82.1 cm³/mol. The minimum atomic E-state index is -3.68. The Morgan fingerprint density at radius 2 is 2.00 bits per heavy atom. The highest BCUT2D eigenvalue weighted by Crippen LogP contribution is 2.23. The van der Waals surface area contributed by atoms with E-state index in [1.807, 2.05) is 38.1 Å². The number of aromatic nitrogens is 2. The number of hydrogen-bond acceptors (Lipinski definition) is 4. The minimum Gasteiger partial charge on any atom is -0.381 e. The lowest BCUT2D eigenvalue weighted by molar-refractivity contribution is 0.418. The summed E-state index contributed by atoms with van der Waals surface area (Å²) >= 11 is 0. The van der Waals surface area contributed by atoms with Crippen LogP contribution in [-0.2, 0) is 23.6 Å². The molecule has 1 aromatic carbocycles. The van der Waals surface area contributed by atoms with E-state index in [0.29, 0.717) is 13.1 Å². The number of benzene rings is 1. The molecular weight excluding hydrogens is 288 g/mol. The molecule has 0 aliphatic heterocycles. The third-order valence-corrected chi connectivity index (χ3v) is 5.51. The summed E-state index contributed by atoms with van der Waals surface area (Å²) in [6.07, 6.45) is 1.41. The van der Waals surface area contributed by atoms with Gasteiger partial charge in [0, 0.05) is 20.1 Å². The van der Waals surface area contributed by atoms with E-state index in [1.165, 1.54) is 15.2 Å². The highest BCUT2D eigenvalue weighted by molar-refractivity contribution is 7.89. The van der Waals surface area contributed by atoms with E-state index in [2.05, 4.69) is 4.98 Å². The molecule has 7 heteroatoms. The standard InChI is InChI=1S/C14H20N4O2S/c1-4-18(9-12-8-6-5-7-11(12)2)21(19,20)14-13(15)16-10-17(14)3/h5-8,10H,4,9,15H2,1-3H3. The molecule has 1 heterocycles. The van der Waals surface area contributed by atoms with Gasteiger partial charge in [0.2, 0.25) is 0 Å². The van der Waals surface area contributed by atoms with E-state index in [1.54, 1.807) is 7.05 Å². The van der Waals surface area contributed by atoms with Crippen LogP contribution >= 0.6 is 0 Å². The third-order valence-electron chi connectivity index (χ3n) is 3.45. The molecule has 0 amide bonds. The number of nitrogens with two attached hydrogens (primary N) is 1. The third kappa shape index (κ3) is 2.93. The van der Waals surface area contributed by atoms with Crippen molar-refractivity contribution in [3.05, 3.63) is 41.7 Å². The summed E-state index contributed by atoms with van der Waals surface area (Å²) in [5.74, 6) is 0.0285. The summed E-state index contributed by atoms with van der Waals surface area (Å²) in [7, 11) is -2.05. The van der Waals surface area contributed by atoms with Gasteiger partial charge < -0.3 is 10.3 Å². The Kier molecular flexibility index (Phi) is 4.34. The van der Waals surface area contributed by atoms with E-state index < -0.39 is 10.0 Å². The van der Waals surface area contributed by atoms with Crippen molar-refractivity contribution in [1.82, 2.24) is 13.9 Å². The lowest BCUT2D eigenvalue weighted by Gasteiger charge is -2.21. The molecule has 0 aliphatic rings. The van der Waals surface area contributed by atoms with Crippen molar-refractivity contribution in [1.29, 1.82) is 0 Å². The van der Waals surface area contributed by atoms with Crippen LogP contribution in [0.1, 0.15) is 18.1 Å². The Hall–Kier alpha value is -1.86. The molecule has 0 radical (unpaired) electrons. The van der Waals surface area contributed by atoms with Crippen LogP contribution in [0.2, 0.25) is 0 Å². The number of nitrogens with zero attached hydrogens (tertiary/aromatic N) is 3. The van der Waals surface area contributed by atoms with Crippen molar-refractivity contribution in [3.63, 3.8) is 0 Å². The van der Waals surface area contributed by atoms with Gasteiger partial charge in [-0.2, -0.15) is 4.31 Å². The molecule has 0 saturated carbocycles. The Bertz CT molecular complexity index is 718. The van der Waals surface area contributed by atoms with Crippen molar-refractivity contribution in [2.24, 2.45) is 7.05 Å². The Morgan fingerprint density at radius 1 is 1.33 bits per heavy atom. The summed E-state index contributed by atoms with van der Waals surface area (Å²) in [6, 6.07) is 7.73. The Balaban J connectivity index is 2.40. The highest BCUT2D eigenvalue weighted by atomic mass is 32.2. The van der Waals surface area contributed by atoms with Gasteiger partial charge in [-0.1, -0.05) is 31.2 Å². The molecule has 0 unspecified atom stereocenters. The maximum Gasteiger partial charge on any atom is 0.262 e. The number of imidazole rings is 1. The lowest BCUT2D eigenvalue weighted by atomic mass is 10.1. The molecule has 2 N–H and O–H groups in total. The largest absolute Gasteiger partial charge is 0.381 e. The first kappa shape index (κ1) is 15.5. The van der Waals surface area contributed by atoms with Crippen LogP contribution in [0.4, 0.5) is 5.82 Å². The number of aryl methyl sites for hydroxylation is 2. The fourth-order valence-electron chi connectivity index (χ4n) is 2.22. The molecule has 2 aromatic rings. The van der Waals surface area contributed by atoms with Crippen molar-refractivity contribution in [3.8, 4) is 0 Å². The SMILES string of the molecule is CCN(Cc1ccccc1C)S(=O)(=O)c1c(N)ncn1C. The topological polar surface area (TPSA) is 81.2 Å². The first-order valence-electron chi connectivity index (χ1n) is 6.69. The molecule has 1 aromatic heterocycles. The number of nitrogen functional groups attached to an aromatic ring is 1. The number of rotatable bonds is 5. The average Bonchev–Trinajstić information content (AvgIpc) is 2.77. The van der Waals surface area contributed by atoms with Gasteiger partial charge in [-0.3, -0.25) is 0 Å². The molecule has 0 atom stereocenters. The normalized spacial score (nSPS) is 12.0. The van der Waals surface area contributed by atoms with Gasteiger partial charge in [0.15, 0.2) is 10.8 Å². The second-order valence-electron chi connectivity index (χ2n) is 4.90. The van der Waals surface area contributed by atoms with Gasteiger partial charge in [0.25, 0.3) is 10.0 Å². The molecule has 0 aliphatic carbocycles. The zero-order chi connectivity index (χ0) is 15.6. The summed E-state index contributed by atoms with van der Waals surface area (Å²) in [6.45, 7) is 4.45. The quantitative estimate of drug-likeness (QED) is 0.908. The monoisotopic (exact) mass is 308 g/mol. The van der Waals surface area contributed by atoms with Gasteiger partial charge in [-0.15, -0.1) is 0 Å². The second-order valence-corrected chi connectivity index (χ2v) is 6.76. The van der Waals surface area contributed by atoms with Crippen molar-refractivity contribution in [2.45, 2.75) is 25.4 Å². The van der Waals surface area contributed by atoms with Crippen molar-refractivity contribution in [2.75, 3.05) is 12.3 Å². The van der Waals surface area contributed by atoms with E-state index in [4.69, 9.17) is 5.73 Å². The maximum atomic E-state index is 12.8. The van der Waals surface area contributed by atoms with E-state index in [-0.39, 0.29) is 10.8 Å². The van der Waals surface area contributed by atoms with Crippen LogP contribution in [0.5, 0.6) is 0 Å². The number of anilines is 1. The molecule has 0 bridgehead atoms. The van der Waals surface area contributed by atoms with Crippen LogP contribution in [0.15, 0.2) is 35.6 Å². The van der Waals surface area contributed by atoms with Gasteiger partial charge in [0.1, 0.15) is 0 Å². The molecule has 21 heavy (non-hydrogen) atoms. The van der Waals surface area contributed by atoms with E-state index in [9.17, 15) is 8.42 Å². The average molecular weight is 308 g/mol. The fraction of sp³-hybridized carbons (Fsp3) is 0.357. The van der Waals surface area contributed by atoms with Gasteiger partial charge >= 0.3 is 0 Å². The lowest BCUT2D eigenvalue weighted by Crippen LogP contribution is -2.32. The molecule has 6 nitrogen and oxygen atoms in total. The second kappa shape index (κ2) is 5.87. The minimum absolute atomic E-state index is 0.0285. The van der Waals surface area contributed by atoms with Crippen molar-refractivity contribution >= 4 is 15.8 Å². The summed E-state index contributed by atoms with van der Waals surface area (Å²) < 4.78 is 28.4. The zero-order valence-corrected chi connectivity index (χ0v) is 13.3. The van der Waals surface area contributed by atoms with Crippen LogP contribution in [0.25, 0.3) is 0 Å². The van der Waals surface area contributed by atoms with Crippen LogP contribution in [-0.4, -0.2) is 28.8 Å². The Labute approximate surface area is 125 Å². The number of sulfonamides is 1. The summed E-state index contributed by atoms with van der Waals surface area (Å²) in [5, 5.41) is 0.0398. The predicted octanol–water partition coefficient (Wildman–Crippen LogP) is 1.52. The van der Waals surface area contributed by atoms with Gasteiger partial charge in [-0.25, -0.2) is 13.4 Å². The fourth-order valence-corrected chi connectivity index (χ4v) is 3.84. The van der Waals surface area contributed by atoms with E-state index >= 15 is 0 Å². The van der Waals surface area contributed by atoms with Gasteiger partial charge in [-0.05, 0) is 18.1 Å². The van der Waals surface area contributed by atoms with Crippen molar-refractivity contribution < 1.29 is 8.42 Å². The molecule has 0 saturated heterocycles. The summed E-state index contributed by atoms with van der Waals surface area (Å²) in [4.78, 5) is 3.86. The molecule has 0 fully saturated rings. The van der Waals surface area contributed by atoms with Gasteiger partial charge in [0.05, 0.1) is 6.33 Å². The molecular formula is C14H20N4O2S. The molecule has 2 rings (SSSR count). The van der Waals surface area contributed by atoms with E-state index in [0.717, 1.165) is 11.1 Å². The first-order chi connectivity index (χ1) is 9.87. The van der Waals surface area contributed by atoms with Crippen LogP contribution < -0.4 is 5.73 Å². The zero-order valence-electron chi connectivity index (χ0n) is 12.4. The van der Waals surface area contributed by atoms with Crippen LogP contribution in [0, 0.1) is 6.92 Å². The summed E-state index contributed by atoms with van der Waals surface area (Å²) in [5.41, 5.74) is 7.74. The molecule has 114 valence electrons. The smallest absolute Gasteiger partial charge is 0.262 e. The number of hydrogen-bond donors (Lipinski definition) is 1. The maximum absolute atomic E-state index is 12.8. The molecule has 0 spiro atoms.